The van der Waals surface area contributed by atoms with Gasteiger partial charge in [0.15, 0.2) is 0 Å². The molecule has 0 aromatic heterocycles. The van der Waals surface area contributed by atoms with Gasteiger partial charge in [0.05, 0.1) is 11.4 Å². The van der Waals surface area contributed by atoms with E-state index in [2.05, 4.69) is 10.6 Å². The molecule has 0 saturated carbocycles. The van der Waals surface area contributed by atoms with E-state index in [1.54, 1.807) is 0 Å². The number of hydrogen-bond acceptors (Lipinski definition) is 5. The number of benzene rings is 1. The van der Waals surface area contributed by atoms with E-state index in [0.29, 0.717) is 18.5 Å². The third kappa shape index (κ3) is 4.53. The zero-order chi connectivity index (χ0) is 17.7. The number of nitrogens with two attached hydrogens (primary N) is 1. The third-order valence-electron chi connectivity index (χ3n) is 3.64. The maximum absolute atomic E-state index is 12.5. The van der Waals surface area contributed by atoms with Gasteiger partial charge in [-0.15, -0.1) is 0 Å². The van der Waals surface area contributed by atoms with Crippen LogP contribution in [0, 0.1) is 0 Å². The number of hydrogen-bond donors (Lipinski definition) is 3. The van der Waals surface area contributed by atoms with Gasteiger partial charge in [0.1, 0.15) is 0 Å². The molecule has 4 N–H and O–H groups in total. The summed E-state index contributed by atoms with van der Waals surface area (Å²) in [5, 5.41) is 5.31. The maximum atomic E-state index is 12.5. The zero-order valence-corrected chi connectivity index (χ0v) is 14.3. The highest BCUT2D eigenvalue weighted by molar-refractivity contribution is 7.89. The van der Waals surface area contributed by atoms with Gasteiger partial charge in [0.2, 0.25) is 15.9 Å². The lowest BCUT2D eigenvalue weighted by Gasteiger charge is -2.25. The molecule has 0 radical (unpaired) electrons. The average molecular weight is 354 g/mol. The first-order chi connectivity index (χ1) is 11.3. The molecule has 1 unspecified atom stereocenters. The summed E-state index contributed by atoms with van der Waals surface area (Å²) in [6.45, 7) is 2.64. The SMILES string of the molecule is CC(N)CCNC(=O)c1ccc(S(=O)(=O)N2CCNC(=O)C2)cc1. The molecule has 1 aromatic rings. The molecule has 1 aliphatic heterocycles. The minimum absolute atomic E-state index is 0.000406. The Labute approximate surface area is 141 Å². The summed E-state index contributed by atoms with van der Waals surface area (Å²) in [6.07, 6.45) is 0.662. The van der Waals surface area contributed by atoms with Crippen LogP contribution in [-0.4, -0.2) is 56.8 Å². The molecule has 0 spiro atoms. The molecule has 2 rings (SSSR count). The van der Waals surface area contributed by atoms with Crippen LogP contribution < -0.4 is 16.4 Å². The highest BCUT2D eigenvalue weighted by Crippen LogP contribution is 2.17. The number of rotatable bonds is 6. The Morgan fingerprint density at radius 3 is 2.62 bits per heavy atom. The van der Waals surface area contributed by atoms with Crippen molar-refractivity contribution in [2.45, 2.75) is 24.3 Å². The lowest BCUT2D eigenvalue weighted by Crippen LogP contribution is -2.49. The minimum atomic E-state index is -3.74. The van der Waals surface area contributed by atoms with Crippen LogP contribution >= 0.6 is 0 Å². The Bertz CT molecular complexity index is 701. The topological polar surface area (TPSA) is 122 Å². The lowest BCUT2D eigenvalue weighted by atomic mass is 10.2. The molecule has 0 aliphatic carbocycles. The van der Waals surface area contributed by atoms with Crippen molar-refractivity contribution < 1.29 is 18.0 Å². The second-order valence-electron chi connectivity index (χ2n) is 5.73. The molecule has 0 bridgehead atoms. The summed E-state index contributed by atoms with van der Waals surface area (Å²) < 4.78 is 26.1. The van der Waals surface area contributed by atoms with E-state index in [9.17, 15) is 18.0 Å². The Balaban J connectivity index is 2.05. The van der Waals surface area contributed by atoms with E-state index in [1.807, 2.05) is 6.92 Å². The number of nitrogens with zero attached hydrogens (tertiary/aromatic N) is 1. The molecule has 2 amide bonds. The second-order valence-corrected chi connectivity index (χ2v) is 7.67. The second kappa shape index (κ2) is 7.73. The number of carbonyl (C=O) groups excluding carboxylic acids is 2. The molecular formula is C15H22N4O4S. The summed E-state index contributed by atoms with van der Waals surface area (Å²) in [5.41, 5.74) is 5.99. The fraction of sp³-hybridized carbons (Fsp3) is 0.467. The van der Waals surface area contributed by atoms with Gasteiger partial charge in [0.25, 0.3) is 5.91 Å². The van der Waals surface area contributed by atoms with Crippen molar-refractivity contribution in [3.8, 4) is 0 Å². The molecular weight excluding hydrogens is 332 g/mol. The normalized spacial score (nSPS) is 17.2. The van der Waals surface area contributed by atoms with Crippen LogP contribution in [0.1, 0.15) is 23.7 Å². The summed E-state index contributed by atoms with van der Waals surface area (Å²) in [7, 11) is -3.74. The van der Waals surface area contributed by atoms with E-state index in [4.69, 9.17) is 5.73 Å². The van der Waals surface area contributed by atoms with Crippen LogP contribution in [0.5, 0.6) is 0 Å². The van der Waals surface area contributed by atoms with E-state index >= 15 is 0 Å². The van der Waals surface area contributed by atoms with E-state index in [0.717, 1.165) is 4.31 Å². The standard InChI is InChI=1S/C15H22N4O4S/c1-11(16)6-7-18-15(21)12-2-4-13(5-3-12)24(22,23)19-9-8-17-14(20)10-19/h2-5,11H,6-10,16H2,1H3,(H,17,20)(H,18,21). The number of piperazine rings is 1. The molecule has 8 nitrogen and oxygen atoms in total. The number of amides is 2. The molecule has 1 aromatic carbocycles. The van der Waals surface area contributed by atoms with Crippen LogP contribution in [0.3, 0.4) is 0 Å². The number of nitrogens with one attached hydrogen (secondary N) is 2. The largest absolute Gasteiger partial charge is 0.354 e. The quantitative estimate of drug-likeness (QED) is 0.622. The van der Waals surface area contributed by atoms with Crippen molar-refractivity contribution >= 4 is 21.8 Å². The van der Waals surface area contributed by atoms with Gasteiger partial charge in [-0.1, -0.05) is 0 Å². The van der Waals surface area contributed by atoms with Crippen molar-refractivity contribution in [1.29, 1.82) is 0 Å². The Kier molecular flexibility index (Phi) is 5.92. The van der Waals surface area contributed by atoms with E-state index in [1.165, 1.54) is 24.3 Å². The van der Waals surface area contributed by atoms with Gasteiger partial charge in [-0.25, -0.2) is 8.42 Å². The van der Waals surface area contributed by atoms with Gasteiger partial charge in [-0.2, -0.15) is 4.31 Å². The van der Waals surface area contributed by atoms with Gasteiger partial charge in [-0.3, -0.25) is 9.59 Å². The van der Waals surface area contributed by atoms with Crippen LogP contribution in [0.25, 0.3) is 0 Å². The predicted octanol–water partition coefficient (Wildman–Crippen LogP) is -0.726. The molecule has 1 fully saturated rings. The summed E-state index contributed by atoms with van der Waals surface area (Å²) in [6, 6.07) is 5.67. The zero-order valence-electron chi connectivity index (χ0n) is 13.5. The fourth-order valence-electron chi connectivity index (χ4n) is 2.26. The Hall–Kier alpha value is -1.97. The Morgan fingerprint density at radius 1 is 1.38 bits per heavy atom. The minimum Gasteiger partial charge on any atom is -0.354 e. The van der Waals surface area contributed by atoms with Crippen LogP contribution in [0.2, 0.25) is 0 Å². The van der Waals surface area contributed by atoms with Crippen molar-refractivity contribution in [2.75, 3.05) is 26.2 Å². The molecule has 1 saturated heterocycles. The number of sulfonamides is 1. The molecule has 24 heavy (non-hydrogen) atoms. The van der Waals surface area contributed by atoms with Crippen LogP contribution in [0.4, 0.5) is 0 Å². The van der Waals surface area contributed by atoms with E-state index < -0.39 is 10.0 Å². The Morgan fingerprint density at radius 2 is 2.04 bits per heavy atom. The fourth-order valence-corrected chi connectivity index (χ4v) is 3.66. The third-order valence-corrected chi connectivity index (χ3v) is 5.50. The maximum Gasteiger partial charge on any atom is 0.251 e. The van der Waals surface area contributed by atoms with Gasteiger partial charge in [0, 0.05) is 31.2 Å². The molecule has 1 atom stereocenters. The van der Waals surface area contributed by atoms with Crippen molar-refractivity contribution in [3.05, 3.63) is 29.8 Å². The first-order valence-corrected chi connectivity index (χ1v) is 9.15. The number of carbonyl (C=O) groups is 2. The van der Waals surface area contributed by atoms with E-state index in [-0.39, 0.29) is 42.4 Å². The van der Waals surface area contributed by atoms with Crippen molar-refractivity contribution in [3.63, 3.8) is 0 Å². The van der Waals surface area contributed by atoms with Crippen molar-refractivity contribution in [2.24, 2.45) is 5.73 Å². The molecule has 1 aliphatic rings. The highest BCUT2D eigenvalue weighted by Gasteiger charge is 2.29. The highest BCUT2D eigenvalue weighted by atomic mass is 32.2. The predicted molar refractivity (Wildman–Crippen MR) is 88.8 cm³/mol. The van der Waals surface area contributed by atoms with Gasteiger partial charge in [-0.05, 0) is 37.6 Å². The molecule has 132 valence electrons. The average Bonchev–Trinajstić information content (AvgIpc) is 2.54. The smallest absolute Gasteiger partial charge is 0.251 e. The summed E-state index contributed by atoms with van der Waals surface area (Å²) in [5.74, 6) is -0.605. The van der Waals surface area contributed by atoms with Gasteiger partial charge >= 0.3 is 0 Å². The summed E-state index contributed by atoms with van der Waals surface area (Å²) >= 11 is 0. The lowest BCUT2D eigenvalue weighted by molar-refractivity contribution is -0.122. The van der Waals surface area contributed by atoms with Crippen LogP contribution in [-0.2, 0) is 14.8 Å². The first-order valence-electron chi connectivity index (χ1n) is 7.71. The summed E-state index contributed by atoms with van der Waals surface area (Å²) in [4.78, 5) is 23.4. The molecule has 9 heteroatoms. The monoisotopic (exact) mass is 354 g/mol. The van der Waals surface area contributed by atoms with Gasteiger partial charge < -0.3 is 16.4 Å². The molecule has 1 heterocycles. The van der Waals surface area contributed by atoms with Crippen LogP contribution in [0.15, 0.2) is 29.2 Å². The van der Waals surface area contributed by atoms with Crippen molar-refractivity contribution in [1.82, 2.24) is 14.9 Å². The first kappa shape index (κ1) is 18.4.